The molecule has 6 heteroatoms. The molecule has 0 amide bonds. The monoisotopic (exact) mass is 395 g/mol. The van der Waals surface area contributed by atoms with Crippen LogP contribution in [0.25, 0.3) is 5.57 Å². The van der Waals surface area contributed by atoms with Crippen molar-refractivity contribution >= 4 is 29.5 Å². The number of nitrogens with one attached hydrogen (secondary N) is 1. The summed E-state index contributed by atoms with van der Waals surface area (Å²) < 4.78 is 2.02. The van der Waals surface area contributed by atoms with Gasteiger partial charge in [0.05, 0.1) is 24.1 Å². The minimum atomic E-state index is -0.455. The number of fused-ring (bicyclic) bond motifs is 2. The van der Waals surface area contributed by atoms with Gasteiger partial charge in [0.1, 0.15) is 0 Å². The third-order valence-corrected chi connectivity index (χ3v) is 5.95. The van der Waals surface area contributed by atoms with Crippen LogP contribution in [0.15, 0.2) is 54.9 Å². The minimum Gasteiger partial charge on any atom is -0.317 e. The molecule has 0 radical (unpaired) electrons. The fraction of sp³-hybridized carbons (Fsp3) is 0.318. The first-order chi connectivity index (χ1) is 13.2. The summed E-state index contributed by atoms with van der Waals surface area (Å²) in [7, 11) is 0. The summed E-state index contributed by atoms with van der Waals surface area (Å²) in [5.74, 6) is -0.819. The van der Waals surface area contributed by atoms with Gasteiger partial charge in [-0.15, -0.1) is 12.4 Å². The van der Waals surface area contributed by atoms with E-state index in [-0.39, 0.29) is 24.0 Å². The number of Topliss-reactive ketones (excluding diaryl/α,β-unsaturated/α-hetero) is 2. The molecule has 0 bridgehead atoms. The van der Waals surface area contributed by atoms with Crippen molar-refractivity contribution in [1.82, 2.24) is 15.1 Å². The predicted octanol–water partition coefficient (Wildman–Crippen LogP) is 3.49. The number of nitrogens with zero attached hydrogens (tertiary/aromatic N) is 2. The average molecular weight is 396 g/mol. The van der Waals surface area contributed by atoms with Gasteiger partial charge in [0.2, 0.25) is 0 Å². The van der Waals surface area contributed by atoms with E-state index in [0.29, 0.717) is 17.2 Å². The molecule has 0 saturated carbocycles. The highest BCUT2D eigenvalue weighted by atomic mass is 35.5. The Bertz CT molecular complexity index is 985. The lowest BCUT2D eigenvalue weighted by molar-refractivity contribution is 0.0808. The molecule has 2 unspecified atom stereocenters. The number of rotatable bonds is 2. The lowest BCUT2D eigenvalue weighted by atomic mass is 9.68. The largest absolute Gasteiger partial charge is 0.317 e. The Balaban J connectivity index is 0.00000192. The maximum Gasteiger partial charge on any atom is 0.172 e. The molecular formula is C22H22ClN3O2. The van der Waals surface area contributed by atoms with Crippen LogP contribution in [0.3, 0.4) is 0 Å². The third-order valence-electron chi connectivity index (χ3n) is 5.95. The quantitative estimate of drug-likeness (QED) is 0.845. The molecule has 1 aromatic carbocycles. The van der Waals surface area contributed by atoms with E-state index in [9.17, 15) is 9.59 Å². The number of carbonyl (C=O) groups is 2. The fourth-order valence-electron chi connectivity index (χ4n) is 4.52. The molecule has 5 rings (SSSR count). The normalized spacial score (nSPS) is 24.2. The second-order valence-corrected chi connectivity index (χ2v) is 7.47. The van der Waals surface area contributed by atoms with E-state index in [2.05, 4.69) is 10.4 Å². The topological polar surface area (TPSA) is 64.0 Å². The summed E-state index contributed by atoms with van der Waals surface area (Å²) in [4.78, 5) is 26.2. The molecular weight excluding hydrogens is 374 g/mol. The molecule has 0 spiro atoms. The molecule has 2 atom stereocenters. The average Bonchev–Trinajstić information content (AvgIpc) is 3.22. The van der Waals surface area contributed by atoms with Gasteiger partial charge in [0.15, 0.2) is 11.6 Å². The van der Waals surface area contributed by atoms with Crippen molar-refractivity contribution in [1.29, 1.82) is 0 Å². The van der Waals surface area contributed by atoms with Crippen LogP contribution in [0.4, 0.5) is 0 Å². The SMILES string of the molecule is Cl.O=C1c2ccccc2C(=O)C2C(c3cnn(C4CCNCC4)c3)=CC=CC12. The summed E-state index contributed by atoms with van der Waals surface area (Å²) in [5.41, 5.74) is 2.92. The number of benzene rings is 1. The lowest BCUT2D eigenvalue weighted by Gasteiger charge is -2.32. The first-order valence-corrected chi connectivity index (χ1v) is 9.55. The minimum absolute atomic E-state index is 0. The Morgan fingerprint density at radius 3 is 2.50 bits per heavy atom. The van der Waals surface area contributed by atoms with Crippen LogP contribution in [-0.2, 0) is 0 Å². The standard InChI is InChI=1S/C22H21N3O2.ClH/c26-21-17-4-1-2-5-18(17)22(27)20-16(6-3-7-19(20)21)14-12-24-25(13-14)15-8-10-23-11-9-15;/h1-7,12-13,15,19-20,23H,8-11H2;1H. The van der Waals surface area contributed by atoms with Gasteiger partial charge in [-0.2, -0.15) is 5.10 Å². The predicted molar refractivity (Wildman–Crippen MR) is 110 cm³/mol. The van der Waals surface area contributed by atoms with Crippen LogP contribution in [0, 0.1) is 11.8 Å². The van der Waals surface area contributed by atoms with Crippen molar-refractivity contribution in [3.63, 3.8) is 0 Å². The molecule has 2 heterocycles. The maximum atomic E-state index is 13.2. The number of allylic oxidation sites excluding steroid dienone is 4. The molecule has 144 valence electrons. The van der Waals surface area contributed by atoms with Crippen molar-refractivity contribution in [2.45, 2.75) is 18.9 Å². The number of halogens is 1. The first kappa shape index (κ1) is 18.8. The van der Waals surface area contributed by atoms with Gasteiger partial charge < -0.3 is 5.32 Å². The van der Waals surface area contributed by atoms with Gasteiger partial charge in [0, 0.05) is 22.9 Å². The molecule has 1 saturated heterocycles. The molecule has 3 aliphatic rings. The van der Waals surface area contributed by atoms with Crippen LogP contribution in [-0.4, -0.2) is 34.4 Å². The smallest absolute Gasteiger partial charge is 0.172 e. The van der Waals surface area contributed by atoms with Crippen LogP contribution >= 0.6 is 12.4 Å². The maximum absolute atomic E-state index is 13.2. The first-order valence-electron chi connectivity index (χ1n) is 9.55. The van der Waals surface area contributed by atoms with E-state index in [1.165, 1.54) is 0 Å². The number of ketones is 2. The summed E-state index contributed by atoms with van der Waals surface area (Å²) in [6.45, 7) is 2.00. The molecule has 2 aromatic rings. The zero-order valence-electron chi connectivity index (χ0n) is 15.4. The Hall–Kier alpha value is -2.50. The number of aromatic nitrogens is 2. The number of hydrogen-bond acceptors (Lipinski definition) is 4. The molecule has 1 fully saturated rings. The van der Waals surface area contributed by atoms with Gasteiger partial charge in [-0.25, -0.2) is 0 Å². The highest BCUT2D eigenvalue weighted by Crippen LogP contribution is 2.41. The zero-order valence-corrected chi connectivity index (χ0v) is 16.2. The molecule has 2 aliphatic carbocycles. The van der Waals surface area contributed by atoms with Crippen molar-refractivity contribution in [2.75, 3.05) is 13.1 Å². The highest BCUT2D eigenvalue weighted by molar-refractivity contribution is 6.20. The summed E-state index contributed by atoms with van der Waals surface area (Å²) in [5, 5.41) is 7.94. The van der Waals surface area contributed by atoms with Crippen LogP contribution in [0.5, 0.6) is 0 Å². The van der Waals surface area contributed by atoms with Gasteiger partial charge in [-0.3, -0.25) is 14.3 Å². The zero-order chi connectivity index (χ0) is 18.4. The van der Waals surface area contributed by atoms with Crippen molar-refractivity contribution in [3.8, 4) is 0 Å². The second kappa shape index (κ2) is 7.49. The molecule has 28 heavy (non-hydrogen) atoms. The molecule has 1 N–H and O–H groups in total. The number of hydrogen-bond donors (Lipinski definition) is 1. The van der Waals surface area contributed by atoms with Crippen molar-refractivity contribution in [2.24, 2.45) is 11.8 Å². The van der Waals surface area contributed by atoms with Gasteiger partial charge in [-0.1, -0.05) is 42.5 Å². The van der Waals surface area contributed by atoms with E-state index in [1.807, 2.05) is 47.4 Å². The Morgan fingerprint density at radius 2 is 1.75 bits per heavy atom. The second-order valence-electron chi connectivity index (χ2n) is 7.47. The summed E-state index contributed by atoms with van der Waals surface area (Å²) in [6, 6.07) is 7.55. The summed E-state index contributed by atoms with van der Waals surface area (Å²) >= 11 is 0. The van der Waals surface area contributed by atoms with Crippen LogP contribution in [0.2, 0.25) is 0 Å². The van der Waals surface area contributed by atoms with Crippen LogP contribution < -0.4 is 5.32 Å². The molecule has 1 aromatic heterocycles. The highest BCUT2D eigenvalue weighted by Gasteiger charge is 2.43. The van der Waals surface area contributed by atoms with Crippen molar-refractivity contribution < 1.29 is 9.59 Å². The number of piperidine rings is 1. The van der Waals surface area contributed by atoms with Gasteiger partial charge >= 0.3 is 0 Å². The fourth-order valence-corrected chi connectivity index (χ4v) is 4.52. The van der Waals surface area contributed by atoms with E-state index in [0.717, 1.165) is 37.1 Å². The Labute approximate surface area is 169 Å². The van der Waals surface area contributed by atoms with E-state index in [1.54, 1.807) is 12.1 Å². The summed E-state index contributed by atoms with van der Waals surface area (Å²) in [6.07, 6.45) is 11.7. The Kier molecular flexibility index (Phi) is 5.04. The van der Waals surface area contributed by atoms with Crippen molar-refractivity contribution in [3.05, 3.63) is 71.6 Å². The van der Waals surface area contributed by atoms with Gasteiger partial charge in [0.25, 0.3) is 0 Å². The van der Waals surface area contributed by atoms with Crippen LogP contribution in [0.1, 0.15) is 45.2 Å². The van der Waals surface area contributed by atoms with E-state index < -0.39 is 11.8 Å². The van der Waals surface area contributed by atoms with E-state index >= 15 is 0 Å². The lowest BCUT2D eigenvalue weighted by Crippen LogP contribution is -2.37. The molecule has 5 nitrogen and oxygen atoms in total. The molecule has 1 aliphatic heterocycles. The number of carbonyl (C=O) groups excluding carboxylic acids is 2. The van der Waals surface area contributed by atoms with Gasteiger partial charge in [-0.05, 0) is 31.5 Å². The Morgan fingerprint density at radius 1 is 1.04 bits per heavy atom. The third kappa shape index (κ3) is 2.95. The van der Waals surface area contributed by atoms with E-state index in [4.69, 9.17) is 0 Å².